The maximum Gasteiger partial charge on any atom is 0.310 e. The Labute approximate surface area is 112 Å². The van der Waals surface area contributed by atoms with Gasteiger partial charge in [0.05, 0.1) is 27.2 Å². The van der Waals surface area contributed by atoms with Gasteiger partial charge < -0.3 is 19.3 Å². The topological polar surface area (TPSA) is 65.0 Å². The summed E-state index contributed by atoms with van der Waals surface area (Å²) in [5, 5.41) is 8.82. The van der Waals surface area contributed by atoms with Crippen molar-refractivity contribution in [3.8, 4) is 17.2 Å². The van der Waals surface area contributed by atoms with E-state index in [1.807, 2.05) is 0 Å². The molecule has 1 unspecified atom stereocenters. The molecule has 104 valence electrons. The number of carboxylic acid groups (broad SMARTS) is 1. The van der Waals surface area contributed by atoms with Crippen molar-refractivity contribution in [1.29, 1.82) is 0 Å². The Bertz CT molecular complexity index is 454. The van der Waals surface area contributed by atoms with Gasteiger partial charge in [-0.1, -0.05) is 12.2 Å². The summed E-state index contributed by atoms with van der Waals surface area (Å²) in [6, 6.07) is 3.51. The Morgan fingerprint density at radius 2 is 1.68 bits per heavy atom. The number of hydrogen-bond acceptors (Lipinski definition) is 4. The lowest BCUT2D eigenvalue weighted by atomic mass is 10.1. The molecule has 0 radical (unpaired) electrons. The number of carboxylic acids is 1. The largest absolute Gasteiger partial charge is 0.493 e. The molecule has 1 aromatic carbocycles. The Morgan fingerprint density at radius 3 is 2.05 bits per heavy atom. The van der Waals surface area contributed by atoms with Crippen molar-refractivity contribution in [2.45, 2.75) is 6.92 Å². The van der Waals surface area contributed by atoms with E-state index in [1.165, 1.54) is 21.3 Å². The number of methoxy groups -OCH3 is 3. The fourth-order valence-electron chi connectivity index (χ4n) is 1.54. The molecule has 1 N–H and O–H groups in total. The van der Waals surface area contributed by atoms with Crippen LogP contribution in [0.15, 0.2) is 18.2 Å². The number of rotatable bonds is 6. The van der Waals surface area contributed by atoms with Crippen molar-refractivity contribution in [2.24, 2.45) is 5.92 Å². The number of aliphatic carboxylic acids is 1. The molecule has 0 aliphatic rings. The molecule has 0 amide bonds. The molecule has 0 aromatic heterocycles. The predicted octanol–water partition coefficient (Wildman–Crippen LogP) is 2.45. The van der Waals surface area contributed by atoms with Crippen LogP contribution < -0.4 is 14.2 Å². The highest BCUT2D eigenvalue weighted by Gasteiger charge is 2.12. The molecule has 5 heteroatoms. The molecule has 5 nitrogen and oxygen atoms in total. The Morgan fingerprint density at radius 1 is 1.16 bits per heavy atom. The van der Waals surface area contributed by atoms with Gasteiger partial charge in [-0.3, -0.25) is 4.79 Å². The molecule has 0 heterocycles. The monoisotopic (exact) mass is 266 g/mol. The average Bonchev–Trinajstić information content (AvgIpc) is 2.42. The highest BCUT2D eigenvalue weighted by atomic mass is 16.5. The van der Waals surface area contributed by atoms with Gasteiger partial charge in [-0.15, -0.1) is 0 Å². The van der Waals surface area contributed by atoms with Crippen LogP contribution in [0.1, 0.15) is 12.5 Å². The van der Waals surface area contributed by atoms with Gasteiger partial charge >= 0.3 is 5.97 Å². The van der Waals surface area contributed by atoms with Gasteiger partial charge in [0.25, 0.3) is 0 Å². The van der Waals surface area contributed by atoms with Gasteiger partial charge in [0.15, 0.2) is 11.5 Å². The minimum atomic E-state index is -0.872. The van der Waals surface area contributed by atoms with Crippen LogP contribution in [0.25, 0.3) is 6.08 Å². The van der Waals surface area contributed by atoms with Crippen molar-refractivity contribution in [3.05, 3.63) is 23.8 Å². The molecular weight excluding hydrogens is 248 g/mol. The summed E-state index contributed by atoms with van der Waals surface area (Å²) in [4.78, 5) is 10.7. The van der Waals surface area contributed by atoms with Crippen LogP contribution in [0.2, 0.25) is 0 Å². The van der Waals surface area contributed by atoms with Crippen molar-refractivity contribution in [3.63, 3.8) is 0 Å². The van der Waals surface area contributed by atoms with Crippen LogP contribution >= 0.6 is 0 Å². The van der Waals surface area contributed by atoms with Crippen LogP contribution in [0.5, 0.6) is 17.2 Å². The second kappa shape index (κ2) is 6.68. The second-order valence-corrected chi connectivity index (χ2v) is 3.94. The smallest absolute Gasteiger partial charge is 0.310 e. The minimum absolute atomic E-state index is 0.508. The van der Waals surface area contributed by atoms with Crippen molar-refractivity contribution in [1.82, 2.24) is 0 Å². The molecular formula is C14H18O5. The van der Waals surface area contributed by atoms with Gasteiger partial charge in [0, 0.05) is 0 Å². The third-order valence-electron chi connectivity index (χ3n) is 2.65. The normalized spacial score (nSPS) is 12.2. The lowest BCUT2D eigenvalue weighted by Crippen LogP contribution is -2.05. The van der Waals surface area contributed by atoms with Gasteiger partial charge in [-0.05, 0) is 24.6 Å². The molecule has 0 aliphatic carbocycles. The Kier molecular flexibility index (Phi) is 5.23. The molecule has 0 aliphatic heterocycles. The minimum Gasteiger partial charge on any atom is -0.493 e. The summed E-state index contributed by atoms with van der Waals surface area (Å²) in [6.07, 6.45) is 3.31. The van der Waals surface area contributed by atoms with Gasteiger partial charge in [0.2, 0.25) is 5.75 Å². The molecule has 0 saturated carbocycles. The Balaban J connectivity index is 3.13. The lowest BCUT2D eigenvalue weighted by molar-refractivity contribution is -0.139. The van der Waals surface area contributed by atoms with Gasteiger partial charge in [0.1, 0.15) is 0 Å². The number of carbonyl (C=O) groups is 1. The quantitative estimate of drug-likeness (QED) is 0.856. The fraction of sp³-hybridized carbons (Fsp3) is 0.357. The molecule has 1 rings (SSSR count). The van der Waals surface area contributed by atoms with E-state index in [4.69, 9.17) is 19.3 Å². The summed E-state index contributed by atoms with van der Waals surface area (Å²) >= 11 is 0. The lowest BCUT2D eigenvalue weighted by Gasteiger charge is -2.12. The maximum atomic E-state index is 10.7. The van der Waals surface area contributed by atoms with Crippen molar-refractivity contribution in [2.75, 3.05) is 21.3 Å². The van der Waals surface area contributed by atoms with Crippen LogP contribution in [0.4, 0.5) is 0 Å². The van der Waals surface area contributed by atoms with Crippen LogP contribution in [-0.2, 0) is 4.79 Å². The zero-order chi connectivity index (χ0) is 14.4. The summed E-state index contributed by atoms with van der Waals surface area (Å²) in [5.41, 5.74) is 0.780. The zero-order valence-electron chi connectivity index (χ0n) is 11.5. The molecule has 1 aromatic rings. The molecule has 1 atom stereocenters. The van der Waals surface area contributed by atoms with Gasteiger partial charge in [-0.25, -0.2) is 0 Å². The third kappa shape index (κ3) is 3.64. The molecule has 0 fully saturated rings. The predicted molar refractivity (Wildman–Crippen MR) is 71.9 cm³/mol. The number of benzene rings is 1. The standard InChI is InChI=1S/C14H18O5/c1-9(14(15)16)5-6-10-7-11(17-2)13(19-4)12(8-10)18-3/h5-9H,1-4H3,(H,15,16)/b6-5+. The molecule has 0 bridgehead atoms. The first-order chi connectivity index (χ1) is 9.03. The zero-order valence-corrected chi connectivity index (χ0v) is 11.5. The van der Waals surface area contributed by atoms with E-state index in [9.17, 15) is 4.79 Å². The second-order valence-electron chi connectivity index (χ2n) is 3.94. The van der Waals surface area contributed by atoms with E-state index in [0.29, 0.717) is 17.2 Å². The molecule has 0 spiro atoms. The molecule has 0 saturated heterocycles. The first-order valence-electron chi connectivity index (χ1n) is 5.74. The summed E-state index contributed by atoms with van der Waals surface area (Å²) in [6.45, 7) is 1.61. The summed E-state index contributed by atoms with van der Waals surface area (Å²) in [7, 11) is 4.59. The number of hydrogen-bond donors (Lipinski definition) is 1. The third-order valence-corrected chi connectivity index (χ3v) is 2.65. The number of ether oxygens (including phenoxy) is 3. The first kappa shape index (κ1) is 14.9. The first-order valence-corrected chi connectivity index (χ1v) is 5.74. The SMILES string of the molecule is COc1cc(/C=C/C(C)C(=O)O)cc(OC)c1OC. The van der Waals surface area contributed by atoms with Crippen LogP contribution in [-0.4, -0.2) is 32.4 Å². The van der Waals surface area contributed by atoms with E-state index in [-0.39, 0.29) is 0 Å². The van der Waals surface area contributed by atoms with Gasteiger partial charge in [-0.2, -0.15) is 0 Å². The molecule has 19 heavy (non-hydrogen) atoms. The van der Waals surface area contributed by atoms with E-state index < -0.39 is 11.9 Å². The van der Waals surface area contributed by atoms with E-state index in [1.54, 1.807) is 31.2 Å². The Hall–Kier alpha value is -2.17. The van der Waals surface area contributed by atoms with E-state index in [0.717, 1.165) is 5.56 Å². The fourth-order valence-corrected chi connectivity index (χ4v) is 1.54. The average molecular weight is 266 g/mol. The highest BCUT2D eigenvalue weighted by molar-refractivity contribution is 5.73. The maximum absolute atomic E-state index is 10.7. The summed E-state index contributed by atoms with van der Waals surface area (Å²) in [5.74, 6) is 0.144. The van der Waals surface area contributed by atoms with E-state index >= 15 is 0 Å². The van der Waals surface area contributed by atoms with E-state index in [2.05, 4.69) is 0 Å². The van der Waals surface area contributed by atoms with Crippen LogP contribution in [0, 0.1) is 5.92 Å². The van der Waals surface area contributed by atoms with Crippen LogP contribution in [0.3, 0.4) is 0 Å². The highest BCUT2D eigenvalue weighted by Crippen LogP contribution is 2.38. The summed E-state index contributed by atoms with van der Waals surface area (Å²) < 4.78 is 15.6. The van der Waals surface area contributed by atoms with Crippen molar-refractivity contribution >= 4 is 12.0 Å². The van der Waals surface area contributed by atoms with Crippen molar-refractivity contribution < 1.29 is 24.1 Å².